The van der Waals surface area contributed by atoms with Crippen LogP contribution >= 0.6 is 8.58 Å². The smallest absolute Gasteiger partial charge is 0.496 e. The molecule has 0 aliphatic carbocycles. The van der Waals surface area contributed by atoms with Crippen LogP contribution in [-0.4, -0.2) is 26.9 Å². The summed E-state index contributed by atoms with van der Waals surface area (Å²) in [6.45, 7) is 0. The van der Waals surface area contributed by atoms with Gasteiger partial charge < -0.3 is 37.1 Å². The summed E-state index contributed by atoms with van der Waals surface area (Å²) in [6.07, 6.45) is 0. The Morgan fingerprint density at radius 1 is 0.583 bits per heavy atom. The van der Waals surface area contributed by atoms with E-state index in [2.05, 4.69) is 0 Å². The Labute approximate surface area is 224 Å². The second-order valence-corrected chi connectivity index (χ2v) is 8.40. The zero-order valence-corrected chi connectivity index (χ0v) is 21.5. The van der Waals surface area contributed by atoms with Crippen LogP contribution in [0.3, 0.4) is 0 Å². The summed E-state index contributed by atoms with van der Waals surface area (Å²) in [6, 6.07) is 27.6. The zero-order chi connectivity index (χ0) is 24.6. The molecule has 0 unspecified atom stereocenters. The number of hydrogen-bond donors (Lipinski definition) is 0. The van der Waals surface area contributed by atoms with E-state index in [1.165, 1.54) is 14.2 Å². The van der Waals surface area contributed by atoms with E-state index in [0.29, 0.717) is 59.7 Å². The molecule has 0 aromatic heterocycles. The summed E-state index contributed by atoms with van der Waals surface area (Å²) in [4.78, 5) is 13.5. The maximum atomic E-state index is 13.5. The maximum absolute atomic E-state index is 13.5. The van der Waals surface area contributed by atoms with Crippen LogP contribution in [0.15, 0.2) is 91.0 Å². The molecular weight excluding hydrogens is 470 g/mol. The van der Waals surface area contributed by atoms with E-state index in [-0.39, 0.29) is 24.4 Å². The average molecular weight is 494 g/mol. The van der Waals surface area contributed by atoms with Crippen molar-refractivity contribution in [3.8, 4) is 40.2 Å². The predicted molar refractivity (Wildman–Crippen MR) is 136 cm³/mol. The van der Waals surface area contributed by atoms with Gasteiger partial charge in [0.25, 0.3) is 0 Å². The Morgan fingerprint density at radius 3 is 1.64 bits per heavy atom. The van der Waals surface area contributed by atoms with Crippen LogP contribution in [0.4, 0.5) is 0 Å². The molecule has 36 heavy (non-hydrogen) atoms. The molecule has 4 aromatic rings. The normalized spacial score (nSPS) is 10.4. The Morgan fingerprint density at radius 2 is 1.11 bits per heavy atom. The molecule has 0 aliphatic heterocycles. The van der Waals surface area contributed by atoms with Crippen molar-refractivity contribution in [2.24, 2.45) is 0 Å². The van der Waals surface area contributed by atoms with E-state index < -0.39 is 0 Å². The third-order valence-corrected chi connectivity index (χ3v) is 6.07. The first-order valence-corrected chi connectivity index (χ1v) is 11.7. The van der Waals surface area contributed by atoms with Gasteiger partial charge in [0.05, 0.1) is 26.9 Å². The number of para-hydroxylation sites is 2. The van der Waals surface area contributed by atoms with Crippen molar-refractivity contribution in [2.45, 2.75) is 0 Å². The first-order valence-electron chi connectivity index (χ1n) is 10.8. The van der Waals surface area contributed by atoms with Crippen LogP contribution in [0.1, 0.15) is 10.4 Å². The Kier molecular flexibility index (Phi) is 9.84. The third kappa shape index (κ3) is 6.62. The standard InChI is InChI=1S/C28H24O6P.Li/c1-30-22-17-24(31-2)27(25(18-22)32-3)28(29)35-26-15-14-21(33-19-10-6-4-7-11-19)16-23(26)34-20-12-8-5-9-13-20;/h4-18H,1-3H3;/q-1;+1. The van der Waals surface area contributed by atoms with Crippen LogP contribution in [0.2, 0.25) is 0 Å². The van der Waals surface area contributed by atoms with Crippen LogP contribution in [0.5, 0.6) is 40.2 Å². The molecule has 0 saturated heterocycles. The fourth-order valence-electron chi connectivity index (χ4n) is 3.35. The predicted octanol–water partition coefficient (Wildman–Crippen LogP) is 3.71. The monoisotopic (exact) mass is 494 g/mol. The molecule has 0 fully saturated rings. The van der Waals surface area contributed by atoms with Gasteiger partial charge in [-0.05, 0) is 30.3 Å². The minimum absolute atomic E-state index is 0. The van der Waals surface area contributed by atoms with E-state index in [4.69, 9.17) is 23.7 Å². The van der Waals surface area contributed by atoms with E-state index in [0.717, 1.165) is 0 Å². The summed E-state index contributed by atoms with van der Waals surface area (Å²) in [5.74, 6) is 3.71. The maximum Gasteiger partial charge on any atom is 1.00 e. The number of carbonyl (C=O) groups excluding carboxylic acids is 1. The molecule has 6 nitrogen and oxygen atoms in total. The fourth-order valence-corrected chi connectivity index (χ4v) is 4.27. The molecule has 0 heterocycles. The minimum atomic E-state index is -0.212. The molecule has 4 aromatic carbocycles. The topological polar surface area (TPSA) is 63.2 Å². The SMILES string of the molecule is COc1cc(OC)c(C(=O)[P-]c2ccc(Oc3ccccc3)cc2Oc2ccccc2)c(OC)c1.[Li+]. The number of rotatable bonds is 10. The van der Waals surface area contributed by atoms with Gasteiger partial charge in [-0.2, -0.15) is 5.30 Å². The van der Waals surface area contributed by atoms with Crippen LogP contribution in [0, 0.1) is 0 Å². The van der Waals surface area contributed by atoms with Crippen LogP contribution in [0.25, 0.3) is 0 Å². The molecule has 0 saturated carbocycles. The summed E-state index contributed by atoms with van der Waals surface area (Å²) >= 11 is 0. The number of methoxy groups -OCH3 is 3. The Hall–Kier alpha value is -3.42. The summed E-state index contributed by atoms with van der Waals surface area (Å²) in [7, 11) is 4.92. The largest absolute Gasteiger partial charge is 1.00 e. The van der Waals surface area contributed by atoms with Gasteiger partial charge in [-0.3, -0.25) is 0 Å². The van der Waals surface area contributed by atoms with Crippen molar-refractivity contribution in [1.82, 2.24) is 0 Å². The molecular formula is C28H24LiO6P. The van der Waals surface area contributed by atoms with Gasteiger partial charge in [0.1, 0.15) is 40.2 Å². The second-order valence-electron chi connectivity index (χ2n) is 7.28. The molecule has 0 atom stereocenters. The fraction of sp³-hybridized carbons (Fsp3) is 0.107. The van der Waals surface area contributed by atoms with Gasteiger partial charge in [0, 0.05) is 23.7 Å². The van der Waals surface area contributed by atoms with Gasteiger partial charge in [-0.25, -0.2) is 0 Å². The molecule has 0 N–H and O–H groups in total. The Bertz CT molecular complexity index is 1270. The van der Waals surface area contributed by atoms with Gasteiger partial charge in [0.2, 0.25) is 0 Å². The molecule has 0 spiro atoms. The third-order valence-electron chi connectivity index (χ3n) is 5.03. The second kappa shape index (κ2) is 13.0. The molecule has 4 rings (SSSR count). The molecule has 178 valence electrons. The van der Waals surface area contributed by atoms with Crippen molar-refractivity contribution in [2.75, 3.05) is 21.3 Å². The number of benzene rings is 4. The first-order chi connectivity index (χ1) is 17.1. The molecule has 8 heteroatoms. The van der Waals surface area contributed by atoms with Gasteiger partial charge in [-0.1, -0.05) is 42.5 Å². The van der Waals surface area contributed by atoms with E-state index in [9.17, 15) is 4.79 Å². The zero-order valence-electron chi connectivity index (χ0n) is 20.6. The van der Waals surface area contributed by atoms with Gasteiger partial charge in [0.15, 0.2) is 0 Å². The van der Waals surface area contributed by atoms with E-state index in [1.807, 2.05) is 72.8 Å². The van der Waals surface area contributed by atoms with Crippen molar-refractivity contribution in [1.29, 1.82) is 0 Å². The summed E-state index contributed by atoms with van der Waals surface area (Å²) in [5, 5.41) is 0.666. The first kappa shape index (κ1) is 27.2. The van der Waals surface area contributed by atoms with Gasteiger partial charge >= 0.3 is 18.9 Å². The molecule has 0 amide bonds. The average Bonchev–Trinajstić information content (AvgIpc) is 2.90. The van der Waals surface area contributed by atoms with Crippen molar-refractivity contribution < 1.29 is 47.3 Å². The number of hydrogen-bond acceptors (Lipinski definition) is 6. The number of ether oxygens (including phenoxy) is 5. The van der Waals surface area contributed by atoms with Crippen molar-refractivity contribution >= 4 is 19.4 Å². The summed E-state index contributed by atoms with van der Waals surface area (Å²) < 4.78 is 28.4. The quantitative estimate of drug-likeness (QED) is 0.248. The molecule has 0 bridgehead atoms. The molecule has 0 radical (unpaired) electrons. The van der Waals surface area contributed by atoms with Crippen LogP contribution < -0.4 is 47.8 Å². The van der Waals surface area contributed by atoms with E-state index in [1.54, 1.807) is 25.3 Å². The van der Waals surface area contributed by atoms with Crippen molar-refractivity contribution in [3.63, 3.8) is 0 Å². The summed E-state index contributed by atoms with van der Waals surface area (Å²) in [5.41, 5.74) is 0.115. The van der Waals surface area contributed by atoms with Crippen LogP contribution in [-0.2, 0) is 0 Å². The molecule has 0 aliphatic rings. The van der Waals surface area contributed by atoms with Crippen molar-refractivity contribution in [3.05, 3.63) is 96.6 Å². The van der Waals surface area contributed by atoms with Gasteiger partial charge in [-0.15, -0.1) is 0 Å². The number of carbonyl (C=O) groups is 1. The Balaban J connectivity index is 0.00000361. The minimum Gasteiger partial charge on any atom is -0.496 e. The van der Waals surface area contributed by atoms with E-state index >= 15 is 0 Å².